The van der Waals surface area contributed by atoms with Crippen LogP contribution in [-0.4, -0.2) is 23.2 Å². The van der Waals surface area contributed by atoms with Crippen LogP contribution in [0.3, 0.4) is 0 Å². The molecule has 3 rings (SSSR count). The number of hydrogen-bond donors (Lipinski definition) is 0. The van der Waals surface area contributed by atoms with Gasteiger partial charge >= 0.3 is 6.18 Å². The van der Waals surface area contributed by atoms with Gasteiger partial charge in [-0.15, -0.1) is 0 Å². The molecule has 0 bridgehead atoms. The van der Waals surface area contributed by atoms with E-state index in [-0.39, 0.29) is 27.5 Å². The fraction of sp³-hybridized carbons (Fsp3) is 0.111. The molecule has 0 aliphatic heterocycles. The lowest BCUT2D eigenvalue weighted by molar-refractivity contribution is -0.137. The molecule has 0 aliphatic rings. The van der Waals surface area contributed by atoms with Crippen LogP contribution in [0.15, 0.2) is 53.7 Å². The second-order valence-corrected chi connectivity index (χ2v) is 7.82. The van der Waals surface area contributed by atoms with E-state index in [4.69, 9.17) is 5.26 Å². The summed E-state index contributed by atoms with van der Waals surface area (Å²) in [4.78, 5) is 3.61. The van der Waals surface area contributed by atoms with E-state index in [9.17, 15) is 26.9 Å². The summed E-state index contributed by atoms with van der Waals surface area (Å²) >= 11 is 0. The Morgan fingerprint density at radius 3 is 2.21 bits per heavy atom. The quantitative estimate of drug-likeness (QED) is 0.645. The minimum absolute atomic E-state index is 0.0379. The predicted molar refractivity (Wildman–Crippen MR) is 93.1 cm³/mol. The van der Waals surface area contributed by atoms with Crippen molar-refractivity contribution in [1.82, 2.24) is 14.8 Å². The second-order valence-electron chi connectivity index (χ2n) is 5.83. The van der Waals surface area contributed by atoms with Crippen LogP contribution in [0.2, 0.25) is 0 Å². The van der Waals surface area contributed by atoms with Crippen LogP contribution in [0.25, 0.3) is 5.82 Å². The van der Waals surface area contributed by atoms with Crippen molar-refractivity contribution in [3.63, 3.8) is 0 Å². The predicted octanol–water partition coefficient (Wildman–Crippen LogP) is 3.00. The van der Waals surface area contributed by atoms with Gasteiger partial charge in [0.2, 0.25) is 0 Å². The van der Waals surface area contributed by atoms with Crippen LogP contribution in [0, 0.1) is 22.7 Å². The zero-order valence-electron chi connectivity index (χ0n) is 14.4. The lowest BCUT2D eigenvalue weighted by Crippen LogP contribution is -2.13. The summed E-state index contributed by atoms with van der Waals surface area (Å²) in [5.41, 5.74) is -0.783. The van der Waals surface area contributed by atoms with Crippen LogP contribution in [0.1, 0.15) is 22.4 Å². The maximum absolute atomic E-state index is 12.7. The zero-order valence-corrected chi connectivity index (χ0v) is 15.2. The summed E-state index contributed by atoms with van der Waals surface area (Å²) in [6.45, 7) is 0. The van der Waals surface area contributed by atoms with Crippen molar-refractivity contribution in [1.29, 1.82) is 10.5 Å². The number of aromatic nitrogens is 3. The SMILES string of the molecule is N#Cc1ccc(S(=O)(=O)Cc2c(C#N)cnn2-c2ccc(C(F)(F)F)cn2)cc1. The average Bonchev–Trinajstić information content (AvgIpc) is 3.09. The summed E-state index contributed by atoms with van der Waals surface area (Å²) in [6, 6.07) is 10.7. The highest BCUT2D eigenvalue weighted by molar-refractivity contribution is 7.90. The molecule has 0 unspecified atom stereocenters. The number of rotatable bonds is 4. The van der Waals surface area contributed by atoms with Gasteiger partial charge in [0.05, 0.1) is 45.3 Å². The first-order valence-electron chi connectivity index (χ1n) is 7.89. The van der Waals surface area contributed by atoms with Gasteiger partial charge in [0, 0.05) is 6.20 Å². The minimum Gasteiger partial charge on any atom is -0.236 e. The number of benzene rings is 1. The van der Waals surface area contributed by atoms with E-state index < -0.39 is 27.3 Å². The molecule has 7 nitrogen and oxygen atoms in total. The zero-order chi connectivity index (χ0) is 21.2. The summed E-state index contributed by atoms with van der Waals surface area (Å²) in [6.07, 6.45) is -2.86. The molecule has 2 heterocycles. The van der Waals surface area contributed by atoms with Crippen molar-refractivity contribution in [3.05, 3.63) is 71.2 Å². The van der Waals surface area contributed by atoms with Gasteiger partial charge in [0.25, 0.3) is 0 Å². The largest absolute Gasteiger partial charge is 0.417 e. The molecule has 0 radical (unpaired) electrons. The lowest BCUT2D eigenvalue weighted by Gasteiger charge is -2.10. The highest BCUT2D eigenvalue weighted by Gasteiger charge is 2.31. The Morgan fingerprint density at radius 2 is 1.69 bits per heavy atom. The van der Waals surface area contributed by atoms with Crippen molar-refractivity contribution < 1.29 is 21.6 Å². The van der Waals surface area contributed by atoms with E-state index in [1.54, 1.807) is 0 Å². The minimum atomic E-state index is -4.57. The lowest BCUT2D eigenvalue weighted by atomic mass is 10.2. The van der Waals surface area contributed by atoms with Crippen LogP contribution >= 0.6 is 0 Å². The van der Waals surface area contributed by atoms with Crippen LogP contribution in [0.4, 0.5) is 13.2 Å². The average molecular weight is 417 g/mol. The third-order valence-electron chi connectivity index (χ3n) is 3.95. The van der Waals surface area contributed by atoms with Crippen LogP contribution in [0.5, 0.6) is 0 Å². The number of hydrogen-bond acceptors (Lipinski definition) is 6. The van der Waals surface area contributed by atoms with Gasteiger partial charge in [0.15, 0.2) is 15.7 Å². The van der Waals surface area contributed by atoms with E-state index >= 15 is 0 Å². The number of nitrogens with zero attached hydrogens (tertiary/aromatic N) is 5. The molecule has 0 N–H and O–H groups in total. The Hall–Kier alpha value is -3.70. The van der Waals surface area contributed by atoms with Gasteiger partial charge in [-0.05, 0) is 36.4 Å². The molecular formula is C18H10F3N5O2S. The number of pyridine rings is 1. The van der Waals surface area contributed by atoms with Crippen molar-refractivity contribution >= 4 is 9.84 Å². The van der Waals surface area contributed by atoms with Gasteiger partial charge in [0.1, 0.15) is 6.07 Å². The molecule has 146 valence electrons. The molecule has 0 spiro atoms. The van der Waals surface area contributed by atoms with Gasteiger partial charge < -0.3 is 0 Å². The van der Waals surface area contributed by atoms with E-state index in [2.05, 4.69) is 10.1 Å². The second kappa shape index (κ2) is 7.37. The Labute approximate surface area is 163 Å². The first-order valence-corrected chi connectivity index (χ1v) is 9.54. The summed E-state index contributed by atoms with van der Waals surface area (Å²) in [5, 5.41) is 22.0. The van der Waals surface area contributed by atoms with E-state index in [0.717, 1.165) is 23.0 Å². The molecule has 0 aliphatic carbocycles. The maximum atomic E-state index is 12.7. The van der Waals surface area contributed by atoms with Gasteiger partial charge in [-0.25, -0.2) is 18.1 Å². The molecule has 3 aromatic rings. The smallest absolute Gasteiger partial charge is 0.236 e. The molecule has 2 aromatic heterocycles. The molecule has 0 saturated carbocycles. The van der Waals surface area contributed by atoms with Gasteiger partial charge in [-0.3, -0.25) is 0 Å². The summed E-state index contributed by atoms with van der Waals surface area (Å²) < 4.78 is 64.6. The fourth-order valence-corrected chi connectivity index (χ4v) is 3.84. The number of nitriles is 2. The third kappa shape index (κ3) is 4.10. The molecule has 11 heteroatoms. The molecule has 0 saturated heterocycles. The first kappa shape index (κ1) is 20.0. The topological polar surface area (TPSA) is 112 Å². The highest BCUT2D eigenvalue weighted by atomic mass is 32.2. The normalized spacial score (nSPS) is 11.6. The monoisotopic (exact) mass is 417 g/mol. The Kier molecular flexibility index (Phi) is 5.10. The third-order valence-corrected chi connectivity index (χ3v) is 5.59. The Morgan fingerprint density at radius 1 is 1.00 bits per heavy atom. The van der Waals surface area contributed by atoms with Crippen LogP contribution < -0.4 is 0 Å². The maximum Gasteiger partial charge on any atom is 0.417 e. The molecule has 0 atom stereocenters. The standard InChI is InChI=1S/C18H10F3N5O2S/c19-18(20,21)14-3-6-17(24-10-14)26-16(13(8-23)9-25-26)11-29(27,28)15-4-1-12(7-22)2-5-15/h1-6,9-10H,11H2. The molecule has 0 amide bonds. The number of sulfone groups is 1. The van der Waals surface area contributed by atoms with Crippen molar-refractivity contribution in [2.75, 3.05) is 0 Å². The van der Waals surface area contributed by atoms with E-state index in [0.29, 0.717) is 6.20 Å². The van der Waals surface area contributed by atoms with Crippen LogP contribution in [-0.2, 0) is 21.8 Å². The molecule has 29 heavy (non-hydrogen) atoms. The van der Waals surface area contributed by atoms with Gasteiger partial charge in [-0.1, -0.05) is 0 Å². The van der Waals surface area contributed by atoms with Crippen molar-refractivity contribution in [2.24, 2.45) is 0 Å². The Bertz CT molecular complexity index is 1230. The van der Waals surface area contributed by atoms with Crippen molar-refractivity contribution in [2.45, 2.75) is 16.8 Å². The molecule has 0 fully saturated rings. The highest BCUT2D eigenvalue weighted by Crippen LogP contribution is 2.29. The summed E-state index contributed by atoms with van der Waals surface area (Å²) in [5.74, 6) is -0.700. The summed E-state index contributed by atoms with van der Waals surface area (Å²) in [7, 11) is -3.93. The van der Waals surface area contributed by atoms with Gasteiger partial charge in [-0.2, -0.15) is 28.8 Å². The molecular weight excluding hydrogens is 407 g/mol. The molecule has 1 aromatic carbocycles. The van der Waals surface area contributed by atoms with E-state index in [1.165, 1.54) is 24.3 Å². The number of alkyl halides is 3. The van der Waals surface area contributed by atoms with E-state index in [1.807, 2.05) is 12.1 Å². The Balaban J connectivity index is 2.01. The first-order chi connectivity index (χ1) is 13.7. The van der Waals surface area contributed by atoms with Crippen molar-refractivity contribution in [3.8, 4) is 18.0 Å². The number of halogens is 3. The fourth-order valence-electron chi connectivity index (χ4n) is 2.48.